The summed E-state index contributed by atoms with van der Waals surface area (Å²) in [5.41, 5.74) is -0.676. The van der Waals surface area contributed by atoms with Crippen LogP contribution in [0.5, 0.6) is 11.5 Å². The average Bonchev–Trinajstić information content (AvgIpc) is 2.36. The number of esters is 1. The lowest BCUT2D eigenvalue weighted by Crippen LogP contribution is -2.34. The summed E-state index contributed by atoms with van der Waals surface area (Å²) in [5, 5.41) is 0. The van der Waals surface area contributed by atoms with Gasteiger partial charge in [0.2, 0.25) is 0 Å². The molecule has 19 heavy (non-hydrogen) atoms. The van der Waals surface area contributed by atoms with Crippen molar-refractivity contribution in [2.24, 2.45) is 5.41 Å². The molecule has 4 nitrogen and oxygen atoms in total. The molecule has 0 saturated carbocycles. The summed E-state index contributed by atoms with van der Waals surface area (Å²) in [6.45, 7) is 7.55. The number of rotatable bonds is 6. The third-order valence-electron chi connectivity index (χ3n) is 2.55. The topological polar surface area (TPSA) is 44.8 Å². The van der Waals surface area contributed by atoms with Gasteiger partial charge in [0.1, 0.15) is 18.1 Å². The minimum Gasteiger partial charge on any atom is -0.497 e. The summed E-state index contributed by atoms with van der Waals surface area (Å²) in [7, 11) is 1.61. The maximum absolute atomic E-state index is 11.9. The first-order valence-corrected chi connectivity index (χ1v) is 6.33. The monoisotopic (exact) mass is 266 g/mol. The quantitative estimate of drug-likeness (QED) is 0.742. The summed E-state index contributed by atoms with van der Waals surface area (Å²) in [6.07, 6.45) is -0.118. The number of methoxy groups -OCH3 is 1. The second kappa shape index (κ2) is 6.45. The normalized spacial score (nSPS) is 11.3. The Labute approximate surface area is 114 Å². The van der Waals surface area contributed by atoms with Crippen LogP contribution in [-0.2, 0) is 9.53 Å². The maximum Gasteiger partial charge on any atom is 0.315 e. The molecule has 1 aromatic carbocycles. The molecule has 0 aromatic heterocycles. The molecule has 0 radical (unpaired) electrons. The van der Waals surface area contributed by atoms with Gasteiger partial charge in [-0.1, -0.05) is 0 Å². The number of carbonyl (C=O) groups is 1. The van der Waals surface area contributed by atoms with Crippen molar-refractivity contribution < 1.29 is 19.0 Å². The molecule has 0 aliphatic rings. The maximum atomic E-state index is 11.9. The molecule has 106 valence electrons. The number of ether oxygens (including phenoxy) is 3. The van der Waals surface area contributed by atoms with Crippen molar-refractivity contribution in [3.63, 3.8) is 0 Å². The van der Waals surface area contributed by atoms with E-state index in [9.17, 15) is 4.79 Å². The number of hydrogen-bond donors (Lipinski definition) is 0. The van der Waals surface area contributed by atoms with Gasteiger partial charge in [-0.05, 0) is 52.0 Å². The Morgan fingerprint density at radius 1 is 1.16 bits per heavy atom. The first-order chi connectivity index (χ1) is 8.85. The van der Waals surface area contributed by atoms with E-state index < -0.39 is 5.41 Å². The van der Waals surface area contributed by atoms with Gasteiger partial charge in [-0.2, -0.15) is 0 Å². The summed E-state index contributed by atoms with van der Waals surface area (Å²) in [4.78, 5) is 11.9. The van der Waals surface area contributed by atoms with E-state index in [2.05, 4.69) is 0 Å². The second-order valence-electron chi connectivity index (χ2n) is 5.30. The van der Waals surface area contributed by atoms with Crippen molar-refractivity contribution in [2.75, 3.05) is 13.7 Å². The van der Waals surface area contributed by atoms with Crippen molar-refractivity contribution in [2.45, 2.75) is 33.8 Å². The van der Waals surface area contributed by atoms with Gasteiger partial charge in [-0.3, -0.25) is 4.79 Å². The van der Waals surface area contributed by atoms with Crippen LogP contribution in [0.4, 0.5) is 0 Å². The molecule has 0 spiro atoms. The van der Waals surface area contributed by atoms with Crippen LogP contribution in [0.2, 0.25) is 0 Å². The lowest BCUT2D eigenvalue weighted by Gasteiger charge is -2.24. The van der Waals surface area contributed by atoms with E-state index in [4.69, 9.17) is 14.2 Å². The van der Waals surface area contributed by atoms with Crippen molar-refractivity contribution in [1.29, 1.82) is 0 Å². The fourth-order valence-electron chi connectivity index (χ4n) is 1.37. The third-order valence-corrected chi connectivity index (χ3v) is 2.55. The summed E-state index contributed by atoms with van der Waals surface area (Å²) in [5.74, 6) is 1.22. The Balaban J connectivity index is 2.56. The van der Waals surface area contributed by atoms with Gasteiger partial charge >= 0.3 is 5.97 Å². The molecule has 0 heterocycles. The van der Waals surface area contributed by atoms with Crippen LogP contribution >= 0.6 is 0 Å². The highest BCUT2D eigenvalue weighted by Gasteiger charge is 2.31. The van der Waals surface area contributed by atoms with Crippen LogP contribution in [0.1, 0.15) is 27.7 Å². The molecular formula is C15H22O4. The van der Waals surface area contributed by atoms with Gasteiger partial charge in [0.15, 0.2) is 0 Å². The molecule has 0 unspecified atom stereocenters. The summed E-state index contributed by atoms with van der Waals surface area (Å²) in [6, 6.07) is 7.24. The number of carbonyl (C=O) groups excluding carboxylic acids is 1. The predicted octanol–water partition coefficient (Wildman–Crippen LogP) is 3.05. The third kappa shape index (κ3) is 4.81. The van der Waals surface area contributed by atoms with Crippen LogP contribution < -0.4 is 9.47 Å². The minimum atomic E-state index is -0.676. The highest BCUT2D eigenvalue weighted by molar-refractivity contribution is 5.76. The predicted molar refractivity (Wildman–Crippen MR) is 73.5 cm³/mol. The van der Waals surface area contributed by atoms with E-state index >= 15 is 0 Å². The number of benzene rings is 1. The molecule has 0 N–H and O–H groups in total. The van der Waals surface area contributed by atoms with Crippen molar-refractivity contribution in [3.05, 3.63) is 24.3 Å². The Hall–Kier alpha value is -1.71. The summed E-state index contributed by atoms with van der Waals surface area (Å²) >= 11 is 0. The molecule has 0 fully saturated rings. The Bertz CT molecular complexity index is 407. The Kier molecular flexibility index (Phi) is 5.21. The first kappa shape index (κ1) is 15.3. The highest BCUT2D eigenvalue weighted by Crippen LogP contribution is 2.22. The molecule has 0 bridgehead atoms. The highest BCUT2D eigenvalue weighted by atomic mass is 16.5. The zero-order valence-electron chi connectivity index (χ0n) is 12.2. The Morgan fingerprint density at radius 3 is 2.16 bits per heavy atom. The van der Waals surface area contributed by atoms with E-state index in [1.165, 1.54) is 0 Å². The van der Waals surface area contributed by atoms with E-state index in [0.29, 0.717) is 5.75 Å². The van der Waals surface area contributed by atoms with Crippen LogP contribution in [0, 0.1) is 5.41 Å². The molecule has 4 heteroatoms. The lowest BCUT2D eigenvalue weighted by molar-refractivity contribution is -0.159. The molecule has 0 aliphatic heterocycles. The average molecular weight is 266 g/mol. The van der Waals surface area contributed by atoms with E-state index in [0.717, 1.165) is 5.75 Å². The molecule has 0 aliphatic carbocycles. The smallest absolute Gasteiger partial charge is 0.315 e. The van der Waals surface area contributed by atoms with Crippen LogP contribution in [-0.4, -0.2) is 25.8 Å². The zero-order chi connectivity index (χ0) is 14.5. The molecule has 0 atom stereocenters. The van der Waals surface area contributed by atoms with Gasteiger partial charge in [0, 0.05) is 0 Å². The van der Waals surface area contributed by atoms with Gasteiger partial charge in [-0.25, -0.2) is 0 Å². The molecule has 1 rings (SSSR count). The summed E-state index contributed by atoms with van der Waals surface area (Å²) < 4.78 is 15.9. The van der Waals surface area contributed by atoms with Crippen LogP contribution in [0.25, 0.3) is 0 Å². The van der Waals surface area contributed by atoms with Crippen molar-refractivity contribution in [3.8, 4) is 11.5 Å². The van der Waals surface area contributed by atoms with Crippen molar-refractivity contribution >= 4 is 5.97 Å². The Morgan fingerprint density at radius 2 is 1.68 bits per heavy atom. The molecule has 1 aromatic rings. The second-order valence-corrected chi connectivity index (χ2v) is 5.30. The van der Waals surface area contributed by atoms with Crippen LogP contribution in [0.3, 0.4) is 0 Å². The largest absolute Gasteiger partial charge is 0.497 e. The van der Waals surface area contributed by atoms with Crippen molar-refractivity contribution in [1.82, 2.24) is 0 Å². The minimum absolute atomic E-state index is 0.118. The molecule has 0 saturated heterocycles. The zero-order valence-corrected chi connectivity index (χ0v) is 12.2. The SMILES string of the molecule is COc1ccc(OCC(C)(C)C(=O)OC(C)C)cc1. The first-order valence-electron chi connectivity index (χ1n) is 6.33. The number of hydrogen-bond acceptors (Lipinski definition) is 4. The lowest BCUT2D eigenvalue weighted by atomic mass is 9.95. The van der Waals surface area contributed by atoms with E-state index in [1.54, 1.807) is 21.0 Å². The fraction of sp³-hybridized carbons (Fsp3) is 0.533. The standard InChI is InChI=1S/C15H22O4/c1-11(2)19-14(16)15(3,4)10-18-13-8-6-12(17-5)7-9-13/h6-9,11H,10H2,1-5H3. The molecular weight excluding hydrogens is 244 g/mol. The fourth-order valence-corrected chi connectivity index (χ4v) is 1.37. The van der Waals surface area contributed by atoms with Gasteiger partial charge in [-0.15, -0.1) is 0 Å². The van der Waals surface area contributed by atoms with E-state index in [-0.39, 0.29) is 18.7 Å². The van der Waals surface area contributed by atoms with Gasteiger partial charge in [0.05, 0.1) is 18.6 Å². The van der Waals surface area contributed by atoms with Gasteiger partial charge in [0.25, 0.3) is 0 Å². The van der Waals surface area contributed by atoms with Crippen LogP contribution in [0.15, 0.2) is 24.3 Å². The molecule has 0 amide bonds. The van der Waals surface area contributed by atoms with Gasteiger partial charge < -0.3 is 14.2 Å². The van der Waals surface area contributed by atoms with E-state index in [1.807, 2.05) is 38.1 Å².